The first kappa shape index (κ1) is 28.7. The monoisotopic (exact) mass is 588 g/mol. The van der Waals surface area contributed by atoms with Gasteiger partial charge in [-0.3, -0.25) is 19.4 Å². The molecule has 2 N–H and O–H groups in total. The van der Waals surface area contributed by atoms with Crippen LogP contribution in [0.25, 0.3) is 11.0 Å². The summed E-state index contributed by atoms with van der Waals surface area (Å²) in [6.45, 7) is 2.15. The van der Waals surface area contributed by atoms with Gasteiger partial charge in [0.15, 0.2) is 0 Å². The van der Waals surface area contributed by atoms with Crippen LogP contribution < -0.4 is 4.74 Å². The fraction of sp³-hybridized carbons (Fsp3) is 0.214. The Kier molecular flexibility index (Phi) is 7.65. The third-order valence-corrected chi connectivity index (χ3v) is 6.90. The molecule has 5 rings (SSSR count). The van der Waals surface area contributed by atoms with Gasteiger partial charge in [0.1, 0.15) is 0 Å². The number of nitrogens with zero attached hydrogens (tertiary/aromatic N) is 3. The van der Waals surface area contributed by atoms with Crippen LogP contribution in [0.3, 0.4) is 0 Å². The van der Waals surface area contributed by atoms with E-state index in [-0.39, 0.29) is 47.7 Å². The van der Waals surface area contributed by atoms with Gasteiger partial charge in [0.25, 0.3) is 17.6 Å². The summed E-state index contributed by atoms with van der Waals surface area (Å²) < 4.78 is 73.3. The number of aliphatic hydroxyl groups excluding tert-OH is 1. The number of amides is 2. The fourth-order valence-corrected chi connectivity index (χ4v) is 4.74. The smallest absolute Gasteiger partial charge is 0.295 e. The van der Waals surface area contributed by atoms with Crippen molar-refractivity contribution >= 4 is 28.6 Å². The molecule has 2 amide bonds. The van der Waals surface area contributed by atoms with Gasteiger partial charge in [0.2, 0.25) is 41.1 Å². The van der Waals surface area contributed by atoms with E-state index in [2.05, 4.69) is 9.97 Å². The van der Waals surface area contributed by atoms with Gasteiger partial charge in [0, 0.05) is 49.2 Å². The second kappa shape index (κ2) is 11.2. The average Bonchev–Trinajstić information content (AvgIpc) is 3.44. The van der Waals surface area contributed by atoms with Gasteiger partial charge in [-0.05, 0) is 25.1 Å². The molecule has 42 heavy (non-hydrogen) atoms. The highest BCUT2D eigenvalue weighted by Gasteiger charge is 2.35. The van der Waals surface area contributed by atoms with Gasteiger partial charge >= 0.3 is 0 Å². The van der Waals surface area contributed by atoms with Gasteiger partial charge in [-0.15, -0.1) is 0 Å². The highest BCUT2D eigenvalue weighted by molar-refractivity contribution is 6.44. The van der Waals surface area contributed by atoms with Crippen molar-refractivity contribution < 1.29 is 46.2 Å². The first-order valence-corrected chi connectivity index (χ1v) is 12.5. The molecule has 4 aromatic rings. The topological polar surface area (TPSA) is 116 Å². The average molecular weight is 588 g/mol. The Bertz CT molecular complexity index is 1690. The van der Waals surface area contributed by atoms with E-state index in [0.29, 0.717) is 5.56 Å². The van der Waals surface area contributed by atoms with Crippen molar-refractivity contribution in [3.8, 4) is 5.75 Å². The van der Waals surface area contributed by atoms with Gasteiger partial charge in [-0.25, -0.2) is 13.2 Å². The van der Waals surface area contributed by atoms with Gasteiger partial charge in [-0.1, -0.05) is 18.2 Å². The highest BCUT2D eigenvalue weighted by atomic mass is 19.2. The SMILES string of the molecule is CC1CN(C(=O)c2ccccc2)CCN1C(=O)C(=O)c1c[nH]c2c(C(O)Oc3c(F)c(F)c(F)c(F)c3F)ccnc12. The summed E-state index contributed by atoms with van der Waals surface area (Å²) in [5, 5.41) is 10.5. The van der Waals surface area contributed by atoms with Crippen LogP contribution in [0.1, 0.15) is 39.5 Å². The first-order valence-electron chi connectivity index (χ1n) is 12.5. The molecule has 0 saturated carbocycles. The molecule has 1 fully saturated rings. The summed E-state index contributed by atoms with van der Waals surface area (Å²) in [7, 11) is 0. The van der Waals surface area contributed by atoms with E-state index in [1.165, 1.54) is 4.90 Å². The summed E-state index contributed by atoms with van der Waals surface area (Å²) in [5.74, 6) is -15.2. The number of H-pyrrole nitrogens is 1. The zero-order chi connectivity index (χ0) is 30.3. The largest absolute Gasteiger partial charge is 0.454 e. The molecule has 1 aliphatic rings. The third kappa shape index (κ3) is 4.93. The molecular weight excluding hydrogens is 567 g/mol. The molecule has 2 unspecified atom stereocenters. The second-order valence-corrected chi connectivity index (χ2v) is 9.49. The van der Waals surface area contributed by atoms with Crippen molar-refractivity contribution in [3.05, 3.63) is 94.6 Å². The van der Waals surface area contributed by atoms with Crippen LogP contribution >= 0.6 is 0 Å². The van der Waals surface area contributed by atoms with Crippen molar-refractivity contribution in [2.24, 2.45) is 0 Å². The Morgan fingerprint density at radius 3 is 2.26 bits per heavy atom. The van der Waals surface area contributed by atoms with Crippen LogP contribution in [0.5, 0.6) is 5.75 Å². The molecule has 0 radical (unpaired) electrons. The predicted molar refractivity (Wildman–Crippen MR) is 136 cm³/mol. The number of fused-ring (bicyclic) bond motifs is 1. The molecule has 1 saturated heterocycles. The molecule has 218 valence electrons. The maximum absolute atomic E-state index is 14.1. The number of carbonyl (C=O) groups excluding carboxylic acids is 3. The second-order valence-electron chi connectivity index (χ2n) is 9.49. The van der Waals surface area contributed by atoms with Crippen LogP contribution in [0, 0.1) is 29.1 Å². The van der Waals surface area contributed by atoms with E-state index in [1.54, 1.807) is 42.2 Å². The van der Waals surface area contributed by atoms with E-state index in [9.17, 15) is 41.4 Å². The zero-order valence-corrected chi connectivity index (χ0v) is 21.7. The van der Waals surface area contributed by atoms with Gasteiger partial charge in [-0.2, -0.15) is 8.78 Å². The number of aromatic amines is 1. The van der Waals surface area contributed by atoms with Crippen molar-refractivity contribution in [2.45, 2.75) is 19.3 Å². The number of carbonyl (C=O) groups is 3. The number of hydrogen-bond acceptors (Lipinski definition) is 6. The van der Waals surface area contributed by atoms with Crippen molar-refractivity contribution in [3.63, 3.8) is 0 Å². The maximum atomic E-state index is 14.1. The van der Waals surface area contributed by atoms with E-state index in [0.717, 1.165) is 18.5 Å². The Hall–Kier alpha value is -4.85. The normalized spacial score (nSPS) is 16.0. The summed E-state index contributed by atoms with van der Waals surface area (Å²) in [6, 6.07) is 9.23. The van der Waals surface area contributed by atoms with E-state index >= 15 is 0 Å². The Labute approximate surface area is 234 Å². The van der Waals surface area contributed by atoms with E-state index in [4.69, 9.17) is 4.74 Å². The lowest BCUT2D eigenvalue weighted by molar-refractivity contribution is -0.130. The Morgan fingerprint density at radius 2 is 1.62 bits per heavy atom. The van der Waals surface area contributed by atoms with Crippen molar-refractivity contribution in [1.29, 1.82) is 0 Å². The van der Waals surface area contributed by atoms with Gasteiger partial charge in [0.05, 0.1) is 16.6 Å². The number of ether oxygens (including phenoxy) is 1. The summed E-state index contributed by atoms with van der Waals surface area (Å²) in [6.07, 6.45) is -0.0442. The standard InChI is InChI=1S/C28H21F5N4O5/c1-13-12-36(26(39)14-5-3-2-4-6-14)9-10-37(13)27(40)24(38)16-11-35-22-15(7-8-34-23(16)22)28(41)42-25-20(32)18(30)17(29)19(31)21(25)33/h2-8,11,13,28,35,41H,9-10,12H2,1H3. The lowest BCUT2D eigenvalue weighted by Gasteiger charge is -2.39. The minimum atomic E-state index is -2.39. The molecule has 2 aromatic carbocycles. The molecule has 2 aromatic heterocycles. The number of halogens is 5. The van der Waals surface area contributed by atoms with Crippen LogP contribution in [-0.4, -0.2) is 68.1 Å². The highest BCUT2D eigenvalue weighted by Crippen LogP contribution is 2.33. The van der Waals surface area contributed by atoms with E-state index < -0.39 is 58.9 Å². The van der Waals surface area contributed by atoms with Crippen LogP contribution in [0.2, 0.25) is 0 Å². The lowest BCUT2D eigenvalue weighted by atomic mass is 10.1. The fourth-order valence-electron chi connectivity index (χ4n) is 4.74. The molecule has 2 atom stereocenters. The number of benzene rings is 2. The molecule has 0 aliphatic carbocycles. The number of hydrogen-bond donors (Lipinski definition) is 2. The summed E-state index contributed by atoms with van der Waals surface area (Å²) in [5.41, 5.74) is -0.174. The number of aromatic nitrogens is 2. The van der Waals surface area contributed by atoms with Crippen LogP contribution in [0.15, 0.2) is 48.8 Å². The first-order chi connectivity index (χ1) is 20.0. The summed E-state index contributed by atoms with van der Waals surface area (Å²) in [4.78, 5) is 48.8. The molecular formula is C28H21F5N4O5. The lowest BCUT2D eigenvalue weighted by Crippen LogP contribution is -2.56. The molecule has 9 nitrogen and oxygen atoms in total. The Balaban J connectivity index is 1.35. The molecule has 1 aliphatic heterocycles. The predicted octanol–water partition coefficient (Wildman–Crippen LogP) is 3.88. The van der Waals surface area contributed by atoms with Crippen molar-refractivity contribution in [1.82, 2.24) is 19.8 Å². The quantitative estimate of drug-likeness (QED) is 0.0883. The van der Waals surface area contributed by atoms with Gasteiger partial charge < -0.3 is 24.6 Å². The minimum Gasteiger partial charge on any atom is -0.454 e. The molecule has 14 heteroatoms. The third-order valence-electron chi connectivity index (χ3n) is 6.90. The zero-order valence-electron chi connectivity index (χ0n) is 21.7. The minimum absolute atomic E-state index is 0.0832. The molecule has 0 bridgehead atoms. The number of ketones is 1. The Morgan fingerprint density at radius 1 is 0.976 bits per heavy atom. The van der Waals surface area contributed by atoms with Crippen LogP contribution in [-0.2, 0) is 4.79 Å². The van der Waals surface area contributed by atoms with Crippen LogP contribution in [0.4, 0.5) is 22.0 Å². The number of Topliss-reactive ketones (excluding diaryl/α,β-unsaturated/α-hetero) is 1. The number of piperazine rings is 1. The number of rotatable bonds is 6. The number of pyridine rings is 1. The van der Waals surface area contributed by atoms with Crippen molar-refractivity contribution in [2.75, 3.05) is 19.6 Å². The van der Waals surface area contributed by atoms with E-state index in [1.807, 2.05) is 0 Å². The number of nitrogens with one attached hydrogen (secondary N) is 1. The maximum Gasteiger partial charge on any atom is 0.295 e. The molecule has 3 heterocycles. The summed E-state index contributed by atoms with van der Waals surface area (Å²) >= 11 is 0. The molecule has 0 spiro atoms. The number of aliphatic hydroxyl groups is 1.